The Hall–Kier alpha value is -2.53. The van der Waals surface area contributed by atoms with Crippen LogP contribution in [0.3, 0.4) is 0 Å². The third-order valence-corrected chi connectivity index (χ3v) is 6.00. The van der Waals surface area contributed by atoms with Gasteiger partial charge in [-0.1, -0.05) is 43.6 Å². The molecule has 0 bridgehead atoms. The van der Waals surface area contributed by atoms with Crippen LogP contribution in [0.25, 0.3) is 0 Å². The number of benzene rings is 2. The first-order valence-electron chi connectivity index (χ1n) is 10.6. The summed E-state index contributed by atoms with van der Waals surface area (Å²) in [6.07, 6.45) is 1.65. The number of piperidine rings is 1. The van der Waals surface area contributed by atoms with Crippen LogP contribution in [0.15, 0.2) is 48.5 Å². The van der Waals surface area contributed by atoms with Crippen molar-refractivity contribution in [1.82, 2.24) is 10.6 Å². The van der Waals surface area contributed by atoms with E-state index in [9.17, 15) is 9.59 Å². The van der Waals surface area contributed by atoms with Crippen LogP contribution in [0.5, 0.6) is 0 Å². The first-order chi connectivity index (χ1) is 14.3. The lowest BCUT2D eigenvalue weighted by Gasteiger charge is -2.35. The second-order valence-corrected chi connectivity index (χ2v) is 8.70. The predicted molar refractivity (Wildman–Crippen MR) is 122 cm³/mol. The molecular formula is C24H30ClN3O2. The van der Waals surface area contributed by atoms with Crippen LogP contribution in [-0.4, -0.2) is 37.0 Å². The van der Waals surface area contributed by atoms with Crippen molar-refractivity contribution in [2.24, 2.45) is 5.92 Å². The number of para-hydroxylation sites is 1. The quantitative estimate of drug-likeness (QED) is 0.712. The summed E-state index contributed by atoms with van der Waals surface area (Å²) >= 11 is 5.99. The van der Waals surface area contributed by atoms with E-state index in [4.69, 9.17) is 11.6 Å². The summed E-state index contributed by atoms with van der Waals surface area (Å²) in [5, 5.41) is 6.76. The fraction of sp³-hybridized carbons (Fsp3) is 0.417. The molecule has 5 nitrogen and oxygen atoms in total. The molecule has 0 aromatic heterocycles. The Morgan fingerprint density at radius 1 is 1.00 bits per heavy atom. The van der Waals surface area contributed by atoms with Gasteiger partial charge in [0.25, 0.3) is 11.8 Å². The molecular weight excluding hydrogens is 398 g/mol. The minimum Gasteiger partial charge on any atom is -0.371 e. The van der Waals surface area contributed by atoms with Gasteiger partial charge in [-0.25, -0.2) is 0 Å². The number of halogens is 1. The Labute approximate surface area is 183 Å². The number of nitrogens with zero attached hydrogens (tertiary/aromatic N) is 1. The van der Waals surface area contributed by atoms with Crippen LogP contribution < -0.4 is 15.5 Å². The molecule has 1 saturated heterocycles. The molecule has 1 aliphatic rings. The summed E-state index contributed by atoms with van der Waals surface area (Å²) in [6, 6.07) is 14.9. The van der Waals surface area contributed by atoms with Gasteiger partial charge in [0.1, 0.15) is 0 Å². The third-order valence-electron chi connectivity index (χ3n) is 5.77. The van der Waals surface area contributed by atoms with Gasteiger partial charge in [-0.05, 0) is 56.0 Å². The molecule has 30 heavy (non-hydrogen) atoms. The van der Waals surface area contributed by atoms with Crippen molar-refractivity contribution in [2.75, 3.05) is 18.0 Å². The van der Waals surface area contributed by atoms with Gasteiger partial charge in [-0.3, -0.25) is 9.59 Å². The van der Waals surface area contributed by atoms with Gasteiger partial charge in [0.05, 0.1) is 5.56 Å². The molecule has 2 N–H and O–H groups in total. The number of nitrogens with one attached hydrogen (secondary N) is 2. The zero-order valence-electron chi connectivity index (χ0n) is 17.8. The zero-order chi connectivity index (χ0) is 21.7. The molecule has 2 aromatic rings. The van der Waals surface area contributed by atoms with Crippen LogP contribution in [-0.2, 0) is 0 Å². The van der Waals surface area contributed by atoms with E-state index in [1.54, 1.807) is 24.3 Å². The molecule has 2 aromatic carbocycles. The second kappa shape index (κ2) is 9.98. The third kappa shape index (κ3) is 5.54. The number of carbonyl (C=O) groups excluding carboxylic acids is 2. The zero-order valence-corrected chi connectivity index (χ0v) is 18.6. The monoisotopic (exact) mass is 427 g/mol. The lowest BCUT2D eigenvalue weighted by atomic mass is 10.0. The summed E-state index contributed by atoms with van der Waals surface area (Å²) in [6.45, 7) is 7.78. The average Bonchev–Trinajstić information content (AvgIpc) is 2.74. The van der Waals surface area contributed by atoms with Crippen molar-refractivity contribution in [3.8, 4) is 0 Å². The van der Waals surface area contributed by atoms with Crippen molar-refractivity contribution in [3.63, 3.8) is 0 Å². The highest BCUT2D eigenvalue weighted by Crippen LogP contribution is 2.25. The SMILES string of the molecule is CC(C)[C@@H](C)NC(=O)c1ccccc1N1CCC(NC(=O)c2cccc(Cl)c2)CC1. The number of carbonyl (C=O) groups is 2. The van der Waals surface area contributed by atoms with Crippen molar-refractivity contribution >= 4 is 29.1 Å². The summed E-state index contributed by atoms with van der Waals surface area (Å²) in [5.41, 5.74) is 2.23. The number of hydrogen-bond donors (Lipinski definition) is 2. The molecule has 1 heterocycles. The van der Waals surface area contributed by atoms with Crippen molar-refractivity contribution < 1.29 is 9.59 Å². The van der Waals surface area contributed by atoms with E-state index >= 15 is 0 Å². The minimum atomic E-state index is -0.0987. The first-order valence-corrected chi connectivity index (χ1v) is 10.9. The normalized spacial score (nSPS) is 15.7. The van der Waals surface area contributed by atoms with Crippen LogP contribution in [0.2, 0.25) is 5.02 Å². The fourth-order valence-electron chi connectivity index (χ4n) is 3.56. The molecule has 1 fully saturated rings. The molecule has 0 saturated carbocycles. The number of hydrogen-bond acceptors (Lipinski definition) is 3. The smallest absolute Gasteiger partial charge is 0.253 e. The van der Waals surface area contributed by atoms with Gasteiger partial charge in [0.15, 0.2) is 0 Å². The van der Waals surface area contributed by atoms with Crippen LogP contribution in [0.4, 0.5) is 5.69 Å². The maximum absolute atomic E-state index is 12.8. The molecule has 0 unspecified atom stereocenters. The average molecular weight is 428 g/mol. The van der Waals surface area contributed by atoms with Gasteiger partial charge < -0.3 is 15.5 Å². The van der Waals surface area contributed by atoms with Crippen LogP contribution in [0.1, 0.15) is 54.3 Å². The van der Waals surface area contributed by atoms with Crippen molar-refractivity contribution in [2.45, 2.75) is 45.7 Å². The van der Waals surface area contributed by atoms with E-state index in [-0.39, 0.29) is 23.9 Å². The second-order valence-electron chi connectivity index (χ2n) is 8.27. The van der Waals surface area contributed by atoms with Crippen LogP contribution >= 0.6 is 11.6 Å². The van der Waals surface area contributed by atoms with Crippen molar-refractivity contribution in [1.29, 1.82) is 0 Å². The highest BCUT2D eigenvalue weighted by molar-refractivity contribution is 6.30. The summed E-state index contributed by atoms with van der Waals surface area (Å²) < 4.78 is 0. The maximum Gasteiger partial charge on any atom is 0.253 e. The highest BCUT2D eigenvalue weighted by atomic mass is 35.5. The van der Waals surface area contributed by atoms with E-state index in [0.29, 0.717) is 22.1 Å². The molecule has 2 amide bonds. The van der Waals surface area contributed by atoms with E-state index < -0.39 is 0 Å². The first kappa shape index (κ1) is 22.2. The Morgan fingerprint density at radius 3 is 2.37 bits per heavy atom. The van der Waals surface area contributed by atoms with E-state index in [1.165, 1.54) is 0 Å². The lowest BCUT2D eigenvalue weighted by Crippen LogP contribution is -2.45. The Bertz CT molecular complexity index is 892. The van der Waals surface area contributed by atoms with Gasteiger partial charge in [-0.15, -0.1) is 0 Å². The number of rotatable bonds is 6. The van der Waals surface area contributed by atoms with E-state index in [0.717, 1.165) is 31.6 Å². The standard InChI is InChI=1S/C24H30ClN3O2/c1-16(2)17(3)26-24(30)21-9-4-5-10-22(21)28-13-11-20(12-14-28)27-23(29)18-7-6-8-19(25)15-18/h4-10,15-17,20H,11-14H2,1-3H3,(H,26,30)(H,27,29)/t17-/m1/s1. The highest BCUT2D eigenvalue weighted by Gasteiger charge is 2.24. The maximum atomic E-state index is 12.8. The van der Waals surface area contributed by atoms with Gasteiger partial charge in [-0.2, -0.15) is 0 Å². The fourth-order valence-corrected chi connectivity index (χ4v) is 3.75. The molecule has 0 spiro atoms. The van der Waals surface area contributed by atoms with Gasteiger partial charge in [0, 0.05) is 41.4 Å². The Balaban J connectivity index is 1.61. The molecule has 1 aliphatic heterocycles. The molecule has 3 rings (SSSR count). The van der Waals surface area contributed by atoms with Crippen molar-refractivity contribution in [3.05, 3.63) is 64.7 Å². The van der Waals surface area contributed by atoms with Gasteiger partial charge >= 0.3 is 0 Å². The van der Waals surface area contributed by atoms with E-state index in [1.807, 2.05) is 31.2 Å². The lowest BCUT2D eigenvalue weighted by molar-refractivity contribution is 0.0925. The molecule has 0 aliphatic carbocycles. The number of anilines is 1. The molecule has 6 heteroatoms. The summed E-state index contributed by atoms with van der Waals surface area (Å²) in [7, 11) is 0. The largest absolute Gasteiger partial charge is 0.371 e. The molecule has 1 atom stereocenters. The summed E-state index contributed by atoms with van der Waals surface area (Å²) in [4.78, 5) is 27.5. The Morgan fingerprint density at radius 2 is 1.70 bits per heavy atom. The Kier molecular flexibility index (Phi) is 7.38. The molecule has 160 valence electrons. The molecule has 0 radical (unpaired) electrons. The van der Waals surface area contributed by atoms with E-state index in [2.05, 4.69) is 29.4 Å². The van der Waals surface area contributed by atoms with Gasteiger partial charge in [0.2, 0.25) is 0 Å². The topological polar surface area (TPSA) is 61.4 Å². The summed E-state index contributed by atoms with van der Waals surface area (Å²) in [5.74, 6) is 0.238. The predicted octanol–water partition coefficient (Wildman–Crippen LogP) is 4.51. The van der Waals surface area contributed by atoms with Crippen LogP contribution in [0, 0.1) is 5.92 Å². The number of amides is 2. The minimum absolute atomic E-state index is 0.0387.